The highest BCUT2D eigenvalue weighted by Gasteiger charge is 2.23. The molecule has 0 bridgehead atoms. The van der Waals surface area contributed by atoms with Gasteiger partial charge in [-0.15, -0.1) is 0 Å². The van der Waals surface area contributed by atoms with E-state index in [-0.39, 0.29) is 12.5 Å². The summed E-state index contributed by atoms with van der Waals surface area (Å²) in [5.74, 6) is -0.206. The second-order valence-corrected chi connectivity index (χ2v) is 20.3. The van der Waals surface area contributed by atoms with Crippen LogP contribution in [0.2, 0.25) is 0 Å². The topological polar surface area (TPSA) is 108 Å². The van der Waals surface area contributed by atoms with Crippen LogP contribution in [0.4, 0.5) is 0 Å². The van der Waals surface area contributed by atoms with Crippen molar-refractivity contribution in [3.8, 4) is 0 Å². The average Bonchev–Trinajstić information content (AvgIpc) is 3.21. The molecular weight excluding hydrogens is 780 g/mol. The summed E-state index contributed by atoms with van der Waals surface area (Å²) in [6, 6.07) is -0.901. The Balaban J connectivity index is 4.23. The van der Waals surface area contributed by atoms with Gasteiger partial charge in [0.15, 0.2) is 0 Å². The lowest BCUT2D eigenvalue weighted by atomic mass is 10.0. The van der Waals surface area contributed by atoms with Gasteiger partial charge in [-0.05, 0) is 57.8 Å². The molecule has 0 rings (SSSR count). The summed E-state index contributed by atoms with van der Waals surface area (Å²) in [5, 5.41) is 13.8. The molecule has 0 aromatic rings. The van der Waals surface area contributed by atoms with E-state index < -0.39 is 26.6 Å². The Morgan fingerprint density at radius 1 is 0.557 bits per heavy atom. The first-order chi connectivity index (χ1) is 29.5. The molecule has 0 fully saturated rings. The largest absolute Gasteiger partial charge is 0.756 e. The maximum absolute atomic E-state index is 12.9. The van der Waals surface area contributed by atoms with Gasteiger partial charge >= 0.3 is 0 Å². The first-order valence-corrected chi connectivity index (χ1v) is 27.3. The average molecular weight is 881 g/mol. The van der Waals surface area contributed by atoms with Crippen LogP contribution in [0.3, 0.4) is 0 Å². The van der Waals surface area contributed by atoms with Crippen LogP contribution in [0.5, 0.6) is 0 Å². The number of nitrogens with zero attached hydrogens (tertiary/aromatic N) is 1. The molecule has 0 radical (unpaired) electrons. The summed E-state index contributed by atoms with van der Waals surface area (Å²) in [6.45, 7) is 4.63. The molecule has 8 nitrogen and oxygen atoms in total. The van der Waals surface area contributed by atoms with Crippen LogP contribution in [-0.4, -0.2) is 68.5 Å². The number of quaternary nitrogens is 1. The monoisotopic (exact) mass is 881 g/mol. The molecule has 360 valence electrons. The predicted molar refractivity (Wildman–Crippen MR) is 261 cm³/mol. The first kappa shape index (κ1) is 59.7. The molecule has 1 amide bonds. The smallest absolute Gasteiger partial charge is 0.268 e. The molecule has 9 heteroatoms. The van der Waals surface area contributed by atoms with Crippen LogP contribution in [0.25, 0.3) is 0 Å². The summed E-state index contributed by atoms with van der Waals surface area (Å²) in [6.07, 6.45) is 55.0. The molecule has 0 saturated carbocycles. The molecule has 0 aliphatic rings. The highest BCUT2D eigenvalue weighted by atomic mass is 31.2. The molecular formula is C52H101N2O6P. The van der Waals surface area contributed by atoms with E-state index in [1.54, 1.807) is 6.08 Å². The van der Waals surface area contributed by atoms with Crippen LogP contribution in [0.1, 0.15) is 239 Å². The molecule has 61 heavy (non-hydrogen) atoms. The van der Waals surface area contributed by atoms with Crippen molar-refractivity contribution in [2.75, 3.05) is 40.9 Å². The summed E-state index contributed by atoms with van der Waals surface area (Å²) in [7, 11) is 1.25. The summed E-state index contributed by atoms with van der Waals surface area (Å²) < 4.78 is 23.2. The van der Waals surface area contributed by atoms with Gasteiger partial charge in [-0.3, -0.25) is 9.36 Å². The van der Waals surface area contributed by atoms with Gasteiger partial charge in [-0.25, -0.2) is 0 Å². The van der Waals surface area contributed by atoms with E-state index in [9.17, 15) is 19.4 Å². The summed E-state index contributed by atoms with van der Waals surface area (Å²) in [5.41, 5.74) is 0. The third kappa shape index (κ3) is 46.5. The predicted octanol–water partition coefficient (Wildman–Crippen LogP) is 14.4. The fraction of sp³-hybridized carbons (Fsp3) is 0.865. The number of aliphatic hydroxyl groups is 1. The van der Waals surface area contributed by atoms with E-state index in [2.05, 4.69) is 43.5 Å². The molecule has 3 atom stereocenters. The third-order valence-electron chi connectivity index (χ3n) is 11.6. The molecule has 0 aromatic carbocycles. The zero-order valence-electron chi connectivity index (χ0n) is 40.9. The number of nitrogens with one attached hydrogen (secondary N) is 1. The van der Waals surface area contributed by atoms with E-state index >= 15 is 0 Å². The van der Waals surface area contributed by atoms with E-state index in [4.69, 9.17) is 9.05 Å². The number of amides is 1. The van der Waals surface area contributed by atoms with Crippen molar-refractivity contribution in [1.29, 1.82) is 0 Å². The Morgan fingerprint density at radius 3 is 1.33 bits per heavy atom. The Labute approximate surface area is 378 Å². The molecule has 0 saturated heterocycles. The van der Waals surface area contributed by atoms with Gasteiger partial charge in [0.25, 0.3) is 7.82 Å². The number of phosphoric acid groups is 1. The Kier molecular flexibility index (Phi) is 43.0. The summed E-state index contributed by atoms with van der Waals surface area (Å²) >= 11 is 0. The zero-order chi connectivity index (χ0) is 45.0. The van der Waals surface area contributed by atoms with Gasteiger partial charge in [0.1, 0.15) is 13.2 Å². The van der Waals surface area contributed by atoms with Crippen molar-refractivity contribution >= 4 is 13.7 Å². The SMILES string of the molecule is CCCCCCCCCC/C=C\CCCCCCCCCCCCCCCC(=O)NC(COP(=O)([O-])OCC[N+](C)(C)C)C(O)/C=C/CC/C=C/CCCCCCCCCC. The number of hydrogen-bond acceptors (Lipinski definition) is 6. The van der Waals surface area contributed by atoms with Crippen molar-refractivity contribution in [2.45, 2.75) is 251 Å². The van der Waals surface area contributed by atoms with Crippen LogP contribution in [0, 0.1) is 0 Å². The number of unbranched alkanes of at least 4 members (excludes halogenated alkanes) is 30. The molecule has 3 unspecified atom stereocenters. The van der Waals surface area contributed by atoms with E-state index in [0.717, 1.165) is 38.5 Å². The first-order valence-electron chi connectivity index (χ1n) is 25.9. The fourth-order valence-corrected chi connectivity index (χ4v) is 8.18. The number of carbonyl (C=O) groups excluding carboxylic acids is 1. The molecule has 0 aliphatic heterocycles. The van der Waals surface area contributed by atoms with Gasteiger partial charge in [-0.1, -0.05) is 211 Å². The van der Waals surface area contributed by atoms with E-state index in [0.29, 0.717) is 17.4 Å². The Morgan fingerprint density at radius 2 is 0.918 bits per heavy atom. The number of likely N-dealkylation sites (N-methyl/N-ethyl adjacent to an activating group) is 1. The van der Waals surface area contributed by atoms with Crippen LogP contribution in [-0.2, 0) is 18.4 Å². The van der Waals surface area contributed by atoms with Gasteiger partial charge < -0.3 is 28.8 Å². The van der Waals surface area contributed by atoms with Crippen molar-refractivity contribution < 1.29 is 32.9 Å². The number of aliphatic hydroxyl groups excluding tert-OH is 1. The fourth-order valence-electron chi connectivity index (χ4n) is 7.46. The maximum Gasteiger partial charge on any atom is 0.268 e. The van der Waals surface area contributed by atoms with E-state index in [1.807, 2.05) is 27.2 Å². The molecule has 0 spiro atoms. The molecule has 2 N–H and O–H groups in total. The summed E-state index contributed by atoms with van der Waals surface area (Å²) in [4.78, 5) is 25.4. The molecule has 0 heterocycles. The van der Waals surface area contributed by atoms with E-state index in [1.165, 1.54) is 180 Å². The van der Waals surface area contributed by atoms with Crippen molar-refractivity contribution in [2.24, 2.45) is 0 Å². The number of carbonyl (C=O) groups is 1. The second-order valence-electron chi connectivity index (χ2n) is 18.9. The number of allylic oxidation sites excluding steroid dienone is 5. The van der Waals surface area contributed by atoms with Crippen molar-refractivity contribution in [3.05, 3.63) is 36.5 Å². The lowest BCUT2D eigenvalue weighted by Gasteiger charge is -2.29. The third-order valence-corrected chi connectivity index (χ3v) is 12.5. The normalized spacial score (nSPS) is 14.4. The minimum atomic E-state index is -4.60. The van der Waals surface area contributed by atoms with Crippen molar-refractivity contribution in [1.82, 2.24) is 5.32 Å². The van der Waals surface area contributed by atoms with Gasteiger partial charge in [0.2, 0.25) is 5.91 Å². The number of rotatable bonds is 47. The van der Waals surface area contributed by atoms with Gasteiger partial charge in [0.05, 0.1) is 39.9 Å². The Hall–Kier alpha value is -1.28. The number of hydrogen-bond donors (Lipinski definition) is 2. The minimum absolute atomic E-state index is 0.00572. The van der Waals surface area contributed by atoms with Crippen molar-refractivity contribution in [3.63, 3.8) is 0 Å². The maximum atomic E-state index is 12.9. The van der Waals surface area contributed by atoms with Gasteiger partial charge in [0, 0.05) is 6.42 Å². The standard InChI is InChI=1S/C52H101N2O6P/c1-6-8-10-12-14-16-18-20-22-23-24-25-26-27-28-29-30-31-32-34-36-38-40-42-44-46-52(56)53-50(49-60-61(57,58)59-48-47-54(3,4)5)51(55)45-43-41-39-37-35-33-21-19-17-15-13-11-9-7-2/h23-24,35,37,43,45,50-51,55H,6-22,25-34,36,38-42,44,46-49H2,1-5H3,(H-,53,56,57,58)/b24-23-,37-35+,45-43+. The van der Waals surface area contributed by atoms with Crippen LogP contribution in [0.15, 0.2) is 36.5 Å². The van der Waals surface area contributed by atoms with Crippen LogP contribution >= 0.6 is 7.82 Å². The molecule has 0 aromatic heterocycles. The highest BCUT2D eigenvalue weighted by molar-refractivity contribution is 7.45. The highest BCUT2D eigenvalue weighted by Crippen LogP contribution is 2.38. The van der Waals surface area contributed by atoms with Crippen LogP contribution < -0.4 is 10.2 Å². The quantitative estimate of drug-likeness (QED) is 0.0273. The number of phosphoric ester groups is 1. The second kappa shape index (κ2) is 43.9. The lowest BCUT2D eigenvalue weighted by Crippen LogP contribution is -2.45. The Bertz CT molecular complexity index is 1090. The van der Waals surface area contributed by atoms with Gasteiger partial charge in [-0.2, -0.15) is 0 Å². The lowest BCUT2D eigenvalue weighted by molar-refractivity contribution is -0.870. The zero-order valence-corrected chi connectivity index (χ0v) is 41.8. The molecule has 0 aliphatic carbocycles. The minimum Gasteiger partial charge on any atom is -0.756 e.